The first-order valence-corrected chi connectivity index (χ1v) is 6.53. The van der Waals surface area contributed by atoms with Crippen molar-refractivity contribution in [2.24, 2.45) is 0 Å². The predicted octanol–water partition coefficient (Wildman–Crippen LogP) is -4.43. The first-order valence-electron chi connectivity index (χ1n) is 3.65. The Balaban J connectivity index is -0.000000135. The van der Waals surface area contributed by atoms with Gasteiger partial charge in [0.25, 0.3) is 0 Å². The monoisotopic (exact) mass is 277 g/mol. The summed E-state index contributed by atoms with van der Waals surface area (Å²) in [6.07, 6.45) is 0. The van der Waals surface area contributed by atoms with Gasteiger partial charge < -0.3 is 30.1 Å². The Morgan fingerprint density at radius 1 is 1.15 bits per heavy atom. The molecule has 0 aliphatic rings. The van der Waals surface area contributed by atoms with Gasteiger partial charge in [-0.25, -0.2) is 0 Å². The molecule has 13 heavy (non-hydrogen) atoms. The second kappa shape index (κ2) is 9.53. The minimum atomic E-state index is -1.11. The van der Waals surface area contributed by atoms with Crippen molar-refractivity contribution in [3.8, 4) is 0 Å². The molecule has 0 aromatic rings. The average Bonchev–Trinajstić information content (AvgIpc) is 1.60. The van der Waals surface area contributed by atoms with Crippen LogP contribution in [0.25, 0.3) is 0 Å². The van der Waals surface area contributed by atoms with E-state index in [0.717, 1.165) is 0 Å². The van der Waals surface area contributed by atoms with Crippen LogP contribution in [0.1, 0.15) is 20.8 Å². The fourth-order valence-corrected chi connectivity index (χ4v) is 1.24. The molecule has 1 amide bonds. The molecule has 0 atom stereocenters. The fourth-order valence-electron chi connectivity index (χ4n) is 0.514. The van der Waals surface area contributed by atoms with Gasteiger partial charge in [-0.1, -0.05) is 13.1 Å². The van der Waals surface area contributed by atoms with E-state index in [2.05, 4.69) is 5.32 Å². The van der Waals surface area contributed by atoms with E-state index in [0.29, 0.717) is 0 Å². The van der Waals surface area contributed by atoms with E-state index >= 15 is 0 Å². The summed E-state index contributed by atoms with van der Waals surface area (Å²) in [5.74, 6) is 0. The Bertz CT molecular complexity index is 139. The third-order valence-electron chi connectivity index (χ3n) is 1.02. The van der Waals surface area contributed by atoms with Gasteiger partial charge in [0.15, 0.2) is 5.53 Å². The molecule has 0 aromatic heterocycles. The molecule has 0 radical (unpaired) electrons. The zero-order chi connectivity index (χ0) is 8.36. The molecule has 78 valence electrons. The number of nitrogens with one attached hydrogen (secondary N) is 1. The summed E-state index contributed by atoms with van der Waals surface area (Å²) in [4.78, 5) is 11.1. The molecule has 0 aliphatic heterocycles. The standard InChI is InChI=1S/C7H17NOSi.2ClH.Ti/c1-7(2,3)8-6(9)10(4)5;;;/h10H,1-5H3,(H,8,9);2*1H;/q;;;+2/p-2. The van der Waals surface area contributed by atoms with Crippen LogP contribution in [-0.4, -0.2) is 19.9 Å². The molecule has 0 bridgehead atoms. The Morgan fingerprint density at radius 2 is 1.46 bits per heavy atom. The van der Waals surface area contributed by atoms with Crippen molar-refractivity contribution in [2.45, 2.75) is 39.4 Å². The number of hydrogen-bond donors (Lipinski definition) is 1. The summed E-state index contributed by atoms with van der Waals surface area (Å²) in [6.45, 7) is 10.1. The van der Waals surface area contributed by atoms with Crippen molar-refractivity contribution >= 4 is 14.3 Å². The summed E-state index contributed by atoms with van der Waals surface area (Å²) in [5.41, 5.74) is 0.196. The molecule has 0 saturated carbocycles. The average molecular weight is 278 g/mol. The topological polar surface area (TPSA) is 29.1 Å². The van der Waals surface area contributed by atoms with Crippen LogP contribution in [-0.2, 0) is 21.7 Å². The van der Waals surface area contributed by atoms with Gasteiger partial charge in [0.05, 0.1) is 0 Å². The molecule has 0 fully saturated rings. The molecule has 0 spiro atoms. The zero-order valence-corrected chi connectivity index (χ0v) is 13.0. The molecular weight excluding hydrogens is 261 g/mol. The van der Waals surface area contributed by atoms with Crippen LogP contribution < -0.4 is 30.1 Å². The third-order valence-corrected chi connectivity index (χ3v) is 2.22. The van der Waals surface area contributed by atoms with Crippen LogP contribution in [0.15, 0.2) is 0 Å². The number of rotatable bonds is 1. The molecule has 0 heterocycles. The molecule has 0 unspecified atom stereocenters. The molecule has 2 nitrogen and oxygen atoms in total. The maximum atomic E-state index is 11.1. The largest absolute Gasteiger partial charge is 2.00 e. The molecule has 0 rings (SSSR count). The van der Waals surface area contributed by atoms with E-state index in [4.69, 9.17) is 0 Å². The second-order valence-electron chi connectivity index (χ2n) is 3.89. The number of carbonyl (C=O) groups excluding carboxylic acids is 1. The predicted molar refractivity (Wildman–Crippen MR) is 47.2 cm³/mol. The molecule has 0 aliphatic carbocycles. The first-order chi connectivity index (χ1) is 4.33. The van der Waals surface area contributed by atoms with E-state index in [9.17, 15) is 4.79 Å². The summed E-state index contributed by atoms with van der Waals surface area (Å²) >= 11 is 0. The molecule has 1 N–H and O–H groups in total. The quantitative estimate of drug-likeness (QED) is 0.482. The summed E-state index contributed by atoms with van der Waals surface area (Å²) < 4.78 is 0. The number of amides is 1. The van der Waals surface area contributed by atoms with Gasteiger partial charge in [0.2, 0.25) is 0 Å². The number of carbonyl (C=O) groups is 1. The smallest absolute Gasteiger partial charge is 1.00 e. The zero-order valence-electron chi connectivity index (χ0n) is 8.74. The number of halogens is 2. The van der Waals surface area contributed by atoms with E-state index in [1.165, 1.54) is 0 Å². The van der Waals surface area contributed by atoms with Gasteiger partial charge in [-0.3, -0.25) is 4.79 Å². The number of hydrogen-bond acceptors (Lipinski definition) is 1. The van der Waals surface area contributed by atoms with Gasteiger partial charge in [-0.15, -0.1) is 0 Å². The van der Waals surface area contributed by atoms with Crippen LogP contribution in [0.3, 0.4) is 0 Å². The van der Waals surface area contributed by atoms with E-state index in [1.807, 2.05) is 33.9 Å². The third kappa shape index (κ3) is 15.7. The van der Waals surface area contributed by atoms with Crippen LogP contribution >= 0.6 is 0 Å². The van der Waals surface area contributed by atoms with Crippen LogP contribution in [0, 0.1) is 0 Å². The van der Waals surface area contributed by atoms with E-state index < -0.39 is 8.80 Å². The maximum absolute atomic E-state index is 11.1. The van der Waals surface area contributed by atoms with Crippen LogP contribution in [0.2, 0.25) is 13.1 Å². The second-order valence-corrected chi connectivity index (χ2v) is 6.73. The minimum Gasteiger partial charge on any atom is -1.00 e. The van der Waals surface area contributed by atoms with Crippen LogP contribution in [0.4, 0.5) is 4.79 Å². The van der Waals surface area contributed by atoms with E-state index in [1.54, 1.807) is 0 Å². The summed E-state index contributed by atoms with van der Waals surface area (Å²) in [6, 6.07) is 0. The van der Waals surface area contributed by atoms with Crippen molar-refractivity contribution in [1.82, 2.24) is 5.32 Å². The molecular formula is C7H17Cl2NOSiTi. The Morgan fingerprint density at radius 3 is 1.54 bits per heavy atom. The Hall–Kier alpha value is 0.981. The van der Waals surface area contributed by atoms with Gasteiger partial charge in [-0.2, -0.15) is 0 Å². The van der Waals surface area contributed by atoms with E-state index in [-0.39, 0.29) is 57.6 Å². The first kappa shape index (κ1) is 23.6. The fraction of sp³-hybridized carbons (Fsp3) is 0.857. The van der Waals surface area contributed by atoms with Crippen molar-refractivity contribution < 1.29 is 51.3 Å². The normalized spacial score (nSPS) is 9.08. The van der Waals surface area contributed by atoms with Crippen molar-refractivity contribution in [3.05, 3.63) is 0 Å². The Labute approximate surface area is 110 Å². The summed E-state index contributed by atoms with van der Waals surface area (Å²) in [5, 5.41) is 2.94. The van der Waals surface area contributed by atoms with Gasteiger partial charge >= 0.3 is 21.7 Å². The van der Waals surface area contributed by atoms with Gasteiger partial charge in [0.1, 0.15) is 8.80 Å². The molecule has 0 saturated heterocycles. The SMILES string of the molecule is C[SiH](C)C(=O)NC(C)(C)C.[Cl-].[Cl-].[Ti+2]. The van der Waals surface area contributed by atoms with Crippen molar-refractivity contribution in [1.29, 1.82) is 0 Å². The summed E-state index contributed by atoms with van der Waals surface area (Å²) in [7, 11) is -1.11. The van der Waals surface area contributed by atoms with Crippen molar-refractivity contribution in [2.75, 3.05) is 0 Å². The van der Waals surface area contributed by atoms with Gasteiger partial charge in [-0.05, 0) is 20.8 Å². The minimum absolute atomic E-state index is 0. The molecule has 0 aromatic carbocycles. The van der Waals surface area contributed by atoms with Gasteiger partial charge in [0, 0.05) is 5.54 Å². The van der Waals surface area contributed by atoms with Crippen LogP contribution in [0.5, 0.6) is 0 Å². The Kier molecular flexibility index (Phi) is 17.3. The maximum Gasteiger partial charge on any atom is 2.00 e. The molecule has 6 heteroatoms. The van der Waals surface area contributed by atoms with Crippen molar-refractivity contribution in [3.63, 3.8) is 0 Å².